The summed E-state index contributed by atoms with van der Waals surface area (Å²) in [6.45, 7) is 5.02. The van der Waals surface area contributed by atoms with Crippen LogP contribution in [0.15, 0.2) is 47.5 Å². The van der Waals surface area contributed by atoms with Crippen molar-refractivity contribution in [1.82, 2.24) is 24.5 Å². The number of pyridine rings is 1. The van der Waals surface area contributed by atoms with Gasteiger partial charge in [0, 0.05) is 28.7 Å². The lowest BCUT2D eigenvalue weighted by molar-refractivity contribution is 0.282. The minimum Gasteiger partial charge on any atom is -0.312 e. The predicted molar refractivity (Wildman–Crippen MR) is 118 cm³/mol. The molecule has 1 atom stereocenters. The first-order valence-corrected chi connectivity index (χ1v) is 10.8. The number of hydrogen-bond acceptors (Lipinski definition) is 4. The summed E-state index contributed by atoms with van der Waals surface area (Å²) < 4.78 is 3.80. The summed E-state index contributed by atoms with van der Waals surface area (Å²) in [7, 11) is 0. The summed E-state index contributed by atoms with van der Waals surface area (Å²) in [5, 5.41) is 10.1. The Kier molecular flexibility index (Phi) is 3.72. The molecule has 0 bridgehead atoms. The molecule has 0 amide bonds. The zero-order valence-corrected chi connectivity index (χ0v) is 17.4. The highest BCUT2D eigenvalue weighted by Gasteiger charge is 2.46. The van der Waals surface area contributed by atoms with E-state index in [-0.39, 0.29) is 5.56 Å². The highest BCUT2D eigenvalue weighted by molar-refractivity contribution is 5.86. The maximum absolute atomic E-state index is 13.3. The molecule has 1 aliphatic heterocycles. The van der Waals surface area contributed by atoms with Crippen molar-refractivity contribution in [3.63, 3.8) is 0 Å². The Hall–Kier alpha value is -2.99. The van der Waals surface area contributed by atoms with Crippen LogP contribution in [-0.4, -0.2) is 31.2 Å². The van der Waals surface area contributed by atoms with E-state index in [9.17, 15) is 4.79 Å². The molecule has 2 aliphatic rings. The van der Waals surface area contributed by atoms with E-state index in [1.165, 1.54) is 12.8 Å². The zero-order chi connectivity index (χ0) is 20.5. The number of hydrogen-bond donors (Lipinski definition) is 1. The van der Waals surface area contributed by atoms with Crippen LogP contribution in [0.5, 0.6) is 0 Å². The van der Waals surface area contributed by atoms with Crippen molar-refractivity contribution in [2.45, 2.75) is 51.1 Å². The number of benzene rings is 1. The summed E-state index contributed by atoms with van der Waals surface area (Å²) in [6, 6.07) is 10.5. The maximum Gasteiger partial charge on any atom is 0.258 e. The van der Waals surface area contributed by atoms with Crippen molar-refractivity contribution in [1.29, 1.82) is 0 Å². The third kappa shape index (κ3) is 2.78. The molecule has 3 aromatic heterocycles. The minimum atomic E-state index is 0.117. The Morgan fingerprint density at radius 3 is 2.87 bits per heavy atom. The van der Waals surface area contributed by atoms with Gasteiger partial charge in [-0.1, -0.05) is 6.07 Å². The van der Waals surface area contributed by atoms with Crippen LogP contribution in [-0.2, 0) is 0 Å². The number of rotatable bonds is 2. The highest BCUT2D eigenvalue weighted by atomic mass is 16.1. The molecule has 1 saturated carbocycles. The highest BCUT2D eigenvalue weighted by Crippen LogP contribution is 2.45. The molecule has 4 heterocycles. The average Bonchev–Trinajstić information content (AvgIpc) is 3.35. The Morgan fingerprint density at radius 1 is 1.17 bits per heavy atom. The molecule has 6 heteroatoms. The van der Waals surface area contributed by atoms with Crippen molar-refractivity contribution in [2.75, 3.05) is 6.54 Å². The van der Waals surface area contributed by atoms with E-state index >= 15 is 0 Å². The molecule has 152 valence electrons. The van der Waals surface area contributed by atoms with Crippen molar-refractivity contribution in [3.05, 3.63) is 64.3 Å². The number of fused-ring (bicyclic) bond motifs is 2. The van der Waals surface area contributed by atoms with Crippen LogP contribution >= 0.6 is 0 Å². The Bertz CT molecular complexity index is 1360. The number of aryl methyl sites for hydroxylation is 2. The summed E-state index contributed by atoms with van der Waals surface area (Å²) in [6.07, 6.45) is 8.48. The smallest absolute Gasteiger partial charge is 0.258 e. The second-order valence-electron chi connectivity index (χ2n) is 9.05. The van der Waals surface area contributed by atoms with E-state index in [1.807, 2.05) is 40.5 Å². The monoisotopic (exact) mass is 399 g/mol. The fourth-order valence-electron chi connectivity index (χ4n) is 4.99. The van der Waals surface area contributed by atoms with Crippen molar-refractivity contribution >= 4 is 16.4 Å². The quantitative estimate of drug-likeness (QED) is 0.557. The summed E-state index contributed by atoms with van der Waals surface area (Å²) in [4.78, 5) is 17.8. The molecule has 1 aliphatic carbocycles. The Labute approximate surface area is 174 Å². The maximum atomic E-state index is 13.3. The van der Waals surface area contributed by atoms with Crippen molar-refractivity contribution in [3.8, 4) is 11.3 Å². The van der Waals surface area contributed by atoms with Crippen LogP contribution in [0.4, 0.5) is 0 Å². The van der Waals surface area contributed by atoms with Gasteiger partial charge in [0.2, 0.25) is 0 Å². The molecule has 6 nitrogen and oxygen atoms in total. The molecular formula is C24H25N5O. The Balaban J connectivity index is 1.41. The molecule has 1 spiro atoms. The van der Waals surface area contributed by atoms with Crippen molar-refractivity contribution in [2.24, 2.45) is 0 Å². The molecule has 0 radical (unpaired) electrons. The summed E-state index contributed by atoms with van der Waals surface area (Å²) >= 11 is 0. The van der Waals surface area contributed by atoms with Gasteiger partial charge in [0.15, 0.2) is 5.65 Å². The molecule has 30 heavy (non-hydrogen) atoms. The minimum absolute atomic E-state index is 0.117. The largest absolute Gasteiger partial charge is 0.312 e. The fraction of sp³-hybridized carbons (Fsp3) is 0.375. The van der Waals surface area contributed by atoms with Crippen molar-refractivity contribution < 1.29 is 0 Å². The molecule has 6 rings (SSSR count). The van der Waals surface area contributed by atoms with Crippen LogP contribution in [0.1, 0.15) is 43.0 Å². The van der Waals surface area contributed by atoms with E-state index in [1.54, 1.807) is 0 Å². The third-order valence-electron chi connectivity index (χ3n) is 6.81. The number of aromatic nitrogens is 4. The molecular weight excluding hydrogens is 374 g/mol. The first-order valence-electron chi connectivity index (χ1n) is 10.8. The van der Waals surface area contributed by atoms with Gasteiger partial charge >= 0.3 is 0 Å². The molecule has 4 aromatic rings. The number of piperidine rings is 1. The zero-order valence-electron chi connectivity index (χ0n) is 17.4. The molecule has 1 saturated heterocycles. The van der Waals surface area contributed by atoms with Crippen LogP contribution < -0.4 is 10.9 Å². The van der Waals surface area contributed by atoms with Gasteiger partial charge in [-0.3, -0.25) is 4.79 Å². The topological polar surface area (TPSA) is 64.2 Å². The van der Waals surface area contributed by atoms with Gasteiger partial charge in [-0.15, -0.1) is 0 Å². The predicted octanol–water partition coefficient (Wildman–Crippen LogP) is 3.79. The Morgan fingerprint density at radius 2 is 2.03 bits per heavy atom. The average molecular weight is 399 g/mol. The molecule has 1 N–H and O–H groups in total. The standard InChI is InChI=1S/C24H25N5O/c1-15-11-21(27-29-14-16(2)26-22(15)29)18-3-4-20-17(12-18)6-10-28(23(20)30)19-5-9-25-24(13-19)7-8-24/h3-4,6,10-12,14,19,25H,5,7-9,13H2,1-2H3/t19-/m0/s1. The lowest BCUT2D eigenvalue weighted by atomic mass is 9.96. The number of nitrogens with one attached hydrogen (secondary N) is 1. The van der Waals surface area contributed by atoms with E-state index in [2.05, 4.69) is 35.4 Å². The van der Waals surface area contributed by atoms with E-state index < -0.39 is 0 Å². The van der Waals surface area contributed by atoms with Gasteiger partial charge in [-0.2, -0.15) is 5.10 Å². The van der Waals surface area contributed by atoms with E-state index in [4.69, 9.17) is 5.10 Å². The van der Waals surface area contributed by atoms with E-state index in [0.29, 0.717) is 11.6 Å². The second-order valence-corrected chi connectivity index (χ2v) is 9.05. The van der Waals surface area contributed by atoms with Crippen LogP contribution in [0.25, 0.3) is 27.7 Å². The molecule has 1 aromatic carbocycles. The number of imidazole rings is 1. The molecule has 0 unspecified atom stereocenters. The third-order valence-corrected chi connectivity index (χ3v) is 6.81. The lowest BCUT2D eigenvalue weighted by Crippen LogP contribution is -2.42. The van der Waals surface area contributed by atoms with Gasteiger partial charge < -0.3 is 9.88 Å². The van der Waals surface area contributed by atoms with E-state index in [0.717, 1.165) is 58.3 Å². The first kappa shape index (κ1) is 17.8. The van der Waals surface area contributed by atoms with Crippen LogP contribution in [0.3, 0.4) is 0 Å². The normalized spacial score (nSPS) is 20.3. The number of nitrogens with zero attached hydrogens (tertiary/aromatic N) is 4. The van der Waals surface area contributed by atoms with Crippen LogP contribution in [0, 0.1) is 13.8 Å². The lowest BCUT2D eigenvalue weighted by Gasteiger charge is -2.31. The van der Waals surface area contributed by atoms with Gasteiger partial charge in [-0.05, 0) is 81.3 Å². The van der Waals surface area contributed by atoms with Gasteiger partial charge in [0.05, 0.1) is 17.6 Å². The van der Waals surface area contributed by atoms with Crippen LogP contribution in [0.2, 0.25) is 0 Å². The SMILES string of the molecule is Cc1cn2nc(-c3ccc4c(=O)n([C@H]5CCNC6(CC6)C5)ccc4c3)cc(C)c2n1. The summed E-state index contributed by atoms with van der Waals surface area (Å²) in [5.74, 6) is 0. The first-order chi connectivity index (χ1) is 14.5. The van der Waals surface area contributed by atoms with Gasteiger partial charge in [0.25, 0.3) is 5.56 Å². The van der Waals surface area contributed by atoms with Gasteiger partial charge in [0.1, 0.15) is 0 Å². The van der Waals surface area contributed by atoms with Gasteiger partial charge in [-0.25, -0.2) is 9.50 Å². The second kappa shape index (κ2) is 6.25. The summed E-state index contributed by atoms with van der Waals surface area (Å²) in [5.41, 5.74) is 5.24. The fourth-order valence-corrected chi connectivity index (χ4v) is 4.99. The molecule has 2 fully saturated rings.